The number of pyridine rings is 1. The van der Waals surface area contributed by atoms with E-state index in [1.54, 1.807) is 35.0 Å². The van der Waals surface area contributed by atoms with Crippen molar-refractivity contribution >= 4 is 22.8 Å². The van der Waals surface area contributed by atoms with Crippen LogP contribution in [0.4, 0.5) is 8.78 Å². The number of hydrogen-bond acceptors (Lipinski definition) is 2. The molecule has 0 atom stereocenters. The van der Waals surface area contributed by atoms with Crippen LogP contribution in [0, 0.1) is 6.92 Å². The molecule has 128 valence electrons. The fourth-order valence-corrected chi connectivity index (χ4v) is 3.39. The number of nitrogens with zero attached hydrogens (tertiary/aromatic N) is 3. The highest BCUT2D eigenvalue weighted by molar-refractivity contribution is 6.31. The van der Waals surface area contributed by atoms with Crippen LogP contribution in [0.15, 0.2) is 47.6 Å². The molecule has 3 nitrogen and oxygen atoms in total. The van der Waals surface area contributed by atoms with Crippen molar-refractivity contribution < 1.29 is 8.78 Å². The molecule has 0 saturated carbocycles. The molecule has 0 N–H and O–H groups in total. The fraction of sp³-hybridized carbons (Fsp3) is 0.263. The Morgan fingerprint density at radius 2 is 1.76 bits per heavy atom. The van der Waals surface area contributed by atoms with Gasteiger partial charge in [0, 0.05) is 16.7 Å². The van der Waals surface area contributed by atoms with Gasteiger partial charge in [-0.3, -0.25) is 4.99 Å². The van der Waals surface area contributed by atoms with Gasteiger partial charge in [0.05, 0.1) is 28.1 Å². The molecule has 0 bridgehead atoms. The molecular weight excluding hydrogens is 344 g/mol. The number of alkyl halides is 2. The van der Waals surface area contributed by atoms with Gasteiger partial charge in [-0.25, -0.2) is 4.52 Å². The Morgan fingerprint density at radius 3 is 2.52 bits per heavy atom. The number of aryl methyl sites for hydroxylation is 1. The monoisotopic (exact) mass is 359 g/mol. The van der Waals surface area contributed by atoms with E-state index in [2.05, 4.69) is 10.1 Å². The largest absolute Gasteiger partial charge is 0.297 e. The SMILES string of the molecule is Cc1c(Cl)ccc2c(C3=NC(C)(C)C(F)(F)c4ccccc43)cnn12. The molecule has 4 rings (SSSR count). The number of aliphatic imine (C=N–C) groups is 1. The van der Waals surface area contributed by atoms with Crippen molar-refractivity contribution in [1.82, 2.24) is 9.61 Å². The maximum absolute atomic E-state index is 14.9. The minimum atomic E-state index is -3.05. The highest BCUT2D eigenvalue weighted by Gasteiger charge is 2.52. The second-order valence-corrected chi connectivity index (χ2v) is 7.17. The van der Waals surface area contributed by atoms with Crippen molar-refractivity contribution in [2.45, 2.75) is 32.2 Å². The van der Waals surface area contributed by atoms with E-state index in [0.717, 1.165) is 16.8 Å². The van der Waals surface area contributed by atoms with Gasteiger partial charge in [0.1, 0.15) is 5.54 Å². The first-order valence-corrected chi connectivity index (χ1v) is 8.32. The summed E-state index contributed by atoms with van der Waals surface area (Å²) in [7, 11) is 0. The number of aromatic nitrogens is 2. The van der Waals surface area contributed by atoms with E-state index in [4.69, 9.17) is 11.6 Å². The lowest BCUT2D eigenvalue weighted by Crippen LogP contribution is -2.44. The van der Waals surface area contributed by atoms with Crippen LogP contribution in [0.5, 0.6) is 0 Å². The van der Waals surface area contributed by atoms with E-state index in [1.807, 2.05) is 13.0 Å². The predicted octanol–water partition coefficient (Wildman–Crippen LogP) is 5.02. The molecule has 1 aromatic carbocycles. The summed E-state index contributed by atoms with van der Waals surface area (Å²) in [6.45, 7) is 4.77. The van der Waals surface area contributed by atoms with Crippen molar-refractivity contribution in [2.24, 2.45) is 4.99 Å². The molecule has 3 aromatic rings. The summed E-state index contributed by atoms with van der Waals surface area (Å²) in [4.78, 5) is 4.43. The Morgan fingerprint density at radius 1 is 1.04 bits per heavy atom. The molecule has 25 heavy (non-hydrogen) atoms. The van der Waals surface area contributed by atoms with Crippen LogP contribution in [0.1, 0.15) is 36.2 Å². The van der Waals surface area contributed by atoms with Crippen LogP contribution in [0.2, 0.25) is 5.02 Å². The average molecular weight is 360 g/mol. The van der Waals surface area contributed by atoms with E-state index in [0.29, 0.717) is 16.3 Å². The lowest BCUT2D eigenvalue weighted by Gasteiger charge is -2.37. The lowest BCUT2D eigenvalue weighted by atomic mass is 9.82. The van der Waals surface area contributed by atoms with Crippen molar-refractivity contribution in [1.29, 1.82) is 0 Å². The summed E-state index contributed by atoms with van der Waals surface area (Å²) in [6, 6.07) is 10.2. The molecule has 3 heterocycles. The fourth-order valence-electron chi connectivity index (χ4n) is 3.25. The van der Waals surface area contributed by atoms with E-state index in [9.17, 15) is 8.78 Å². The van der Waals surface area contributed by atoms with E-state index >= 15 is 0 Å². The van der Waals surface area contributed by atoms with E-state index in [1.165, 1.54) is 19.9 Å². The van der Waals surface area contributed by atoms with Crippen molar-refractivity contribution in [2.75, 3.05) is 0 Å². The molecule has 0 amide bonds. The van der Waals surface area contributed by atoms with Gasteiger partial charge < -0.3 is 0 Å². The summed E-state index contributed by atoms with van der Waals surface area (Å²) in [5.41, 5.74) is 1.71. The van der Waals surface area contributed by atoms with Gasteiger partial charge in [-0.2, -0.15) is 13.9 Å². The smallest absolute Gasteiger partial charge is 0.271 e. The molecule has 0 aliphatic carbocycles. The lowest BCUT2D eigenvalue weighted by molar-refractivity contribution is -0.0681. The molecule has 0 saturated heterocycles. The van der Waals surface area contributed by atoms with Gasteiger partial charge in [-0.1, -0.05) is 35.9 Å². The van der Waals surface area contributed by atoms with Gasteiger partial charge in [0.25, 0.3) is 5.92 Å². The second-order valence-electron chi connectivity index (χ2n) is 6.76. The first-order valence-electron chi connectivity index (χ1n) is 7.95. The second kappa shape index (κ2) is 5.11. The van der Waals surface area contributed by atoms with Gasteiger partial charge in [-0.15, -0.1) is 0 Å². The van der Waals surface area contributed by atoms with Crippen LogP contribution >= 0.6 is 11.6 Å². The third-order valence-electron chi connectivity index (χ3n) is 4.79. The number of hydrogen-bond donors (Lipinski definition) is 0. The number of fused-ring (bicyclic) bond motifs is 2. The summed E-state index contributed by atoms with van der Waals surface area (Å²) in [6.07, 6.45) is 1.66. The molecular formula is C19H16ClF2N3. The first kappa shape index (κ1) is 16.2. The third kappa shape index (κ3) is 2.15. The number of rotatable bonds is 1. The summed E-state index contributed by atoms with van der Waals surface area (Å²) >= 11 is 6.16. The quantitative estimate of drug-likeness (QED) is 0.600. The number of benzene rings is 1. The van der Waals surface area contributed by atoms with E-state index < -0.39 is 11.5 Å². The minimum Gasteiger partial charge on any atom is -0.271 e. The maximum atomic E-state index is 14.9. The van der Waals surface area contributed by atoms with Crippen LogP contribution in [0.25, 0.3) is 5.52 Å². The van der Waals surface area contributed by atoms with Crippen molar-refractivity contribution in [3.05, 3.63) is 70.0 Å². The van der Waals surface area contributed by atoms with Gasteiger partial charge in [0.2, 0.25) is 0 Å². The molecule has 0 radical (unpaired) electrons. The zero-order valence-corrected chi connectivity index (χ0v) is 14.8. The molecule has 0 fully saturated rings. The van der Waals surface area contributed by atoms with E-state index in [-0.39, 0.29) is 5.56 Å². The minimum absolute atomic E-state index is 0.00460. The third-order valence-corrected chi connectivity index (χ3v) is 5.19. The predicted molar refractivity (Wildman–Crippen MR) is 95.0 cm³/mol. The van der Waals surface area contributed by atoms with Gasteiger partial charge in [-0.05, 0) is 32.9 Å². The van der Waals surface area contributed by atoms with Crippen LogP contribution in [-0.4, -0.2) is 20.9 Å². The topological polar surface area (TPSA) is 29.7 Å². The summed E-state index contributed by atoms with van der Waals surface area (Å²) in [5.74, 6) is -3.05. The summed E-state index contributed by atoms with van der Waals surface area (Å²) < 4.78 is 31.5. The highest BCUT2D eigenvalue weighted by atomic mass is 35.5. The molecule has 2 aromatic heterocycles. The zero-order valence-electron chi connectivity index (χ0n) is 14.0. The normalized spacial score (nSPS) is 18.1. The average Bonchev–Trinajstić information content (AvgIpc) is 2.99. The first-order chi connectivity index (χ1) is 11.7. The Bertz CT molecular complexity index is 1030. The molecule has 6 heteroatoms. The molecule has 1 aliphatic heterocycles. The standard InChI is InChI=1S/C19H16ClF2N3/c1-11-15(20)8-9-16-13(10-23-25(11)16)17-12-6-4-5-7-14(12)19(21,22)18(2,3)24-17/h4-10H,1-3H3. The van der Waals surface area contributed by atoms with Crippen LogP contribution in [-0.2, 0) is 5.92 Å². The molecule has 1 aliphatic rings. The maximum Gasteiger partial charge on any atom is 0.297 e. The molecule has 0 unspecified atom stereocenters. The van der Waals surface area contributed by atoms with Gasteiger partial charge in [0.15, 0.2) is 0 Å². The summed E-state index contributed by atoms with van der Waals surface area (Å²) in [5, 5.41) is 4.97. The Hall–Kier alpha value is -2.27. The Balaban J connectivity index is 2.03. The van der Waals surface area contributed by atoms with Crippen LogP contribution in [0.3, 0.4) is 0 Å². The Kier molecular flexibility index (Phi) is 3.32. The van der Waals surface area contributed by atoms with Crippen LogP contribution < -0.4 is 0 Å². The highest BCUT2D eigenvalue weighted by Crippen LogP contribution is 2.46. The zero-order chi connectivity index (χ0) is 18.0. The van der Waals surface area contributed by atoms with Gasteiger partial charge >= 0.3 is 0 Å². The van der Waals surface area contributed by atoms with Crippen molar-refractivity contribution in [3.63, 3.8) is 0 Å². The van der Waals surface area contributed by atoms with Crippen molar-refractivity contribution in [3.8, 4) is 0 Å². The number of halogens is 3. The molecule has 0 spiro atoms. The Labute approximate surface area is 149 Å².